The van der Waals surface area contributed by atoms with Crippen LogP contribution >= 0.6 is 15.9 Å². The van der Waals surface area contributed by atoms with Gasteiger partial charge in [0.25, 0.3) is 0 Å². The molecule has 0 aliphatic heterocycles. The molecule has 3 rings (SSSR count). The Hall–Kier alpha value is -1.15. The van der Waals surface area contributed by atoms with Gasteiger partial charge < -0.3 is 0 Å². The van der Waals surface area contributed by atoms with Crippen molar-refractivity contribution in [3.8, 4) is 0 Å². The lowest BCUT2D eigenvalue weighted by Gasteiger charge is -2.14. The highest BCUT2D eigenvalue weighted by Crippen LogP contribution is 2.30. The second-order valence-electron chi connectivity index (χ2n) is 6.13. The second-order valence-corrected chi connectivity index (χ2v) is 6.98. The van der Waals surface area contributed by atoms with Crippen molar-refractivity contribution in [3.63, 3.8) is 0 Å². The molecule has 0 spiro atoms. The predicted octanol–water partition coefficient (Wildman–Crippen LogP) is 6.15. The molecular formula is C19H21BrO. The van der Waals surface area contributed by atoms with Crippen LogP contribution in [0, 0.1) is 5.92 Å². The molecular weight excluding hydrogens is 324 g/mol. The minimum absolute atomic E-state index is 0.311. The van der Waals surface area contributed by atoms with E-state index in [4.69, 9.17) is 0 Å². The Morgan fingerprint density at radius 3 is 2.33 bits per heavy atom. The molecule has 0 N–H and O–H groups in total. The molecule has 21 heavy (non-hydrogen) atoms. The van der Waals surface area contributed by atoms with Crippen LogP contribution in [0.25, 0.3) is 10.8 Å². The second kappa shape index (κ2) is 6.74. The summed E-state index contributed by atoms with van der Waals surface area (Å²) >= 11 is 3.58. The van der Waals surface area contributed by atoms with Crippen molar-refractivity contribution in [2.75, 3.05) is 0 Å². The van der Waals surface area contributed by atoms with Crippen LogP contribution in [0.4, 0.5) is 0 Å². The first-order valence-electron chi connectivity index (χ1n) is 7.96. The number of hydrogen-bond acceptors (Lipinski definition) is 1. The van der Waals surface area contributed by atoms with Crippen LogP contribution in [-0.2, 0) is 0 Å². The number of Topliss-reactive ketones (excluding diaryl/α,β-unsaturated/α-hetero) is 1. The lowest BCUT2D eigenvalue weighted by Crippen LogP contribution is -2.09. The summed E-state index contributed by atoms with van der Waals surface area (Å²) in [7, 11) is 0. The van der Waals surface area contributed by atoms with Crippen molar-refractivity contribution in [3.05, 3.63) is 46.4 Å². The van der Waals surface area contributed by atoms with E-state index in [-0.39, 0.29) is 0 Å². The van der Waals surface area contributed by atoms with Crippen LogP contribution < -0.4 is 0 Å². The standard InChI is InChI=1S/C19H21BrO/c20-18-12-11-17(15-9-5-6-10-16(15)18)19(21)13-14-7-3-1-2-4-8-14/h5-6,9-12,14H,1-4,7-8,13H2. The van der Waals surface area contributed by atoms with E-state index in [9.17, 15) is 4.79 Å². The minimum Gasteiger partial charge on any atom is -0.294 e. The summed E-state index contributed by atoms with van der Waals surface area (Å²) in [5.41, 5.74) is 0.887. The summed E-state index contributed by atoms with van der Waals surface area (Å²) in [5, 5.41) is 2.20. The van der Waals surface area contributed by atoms with Crippen molar-refractivity contribution in [1.29, 1.82) is 0 Å². The maximum absolute atomic E-state index is 12.7. The van der Waals surface area contributed by atoms with Crippen LogP contribution in [-0.4, -0.2) is 5.78 Å². The van der Waals surface area contributed by atoms with E-state index in [1.807, 2.05) is 24.3 Å². The minimum atomic E-state index is 0.311. The highest BCUT2D eigenvalue weighted by atomic mass is 79.9. The van der Waals surface area contributed by atoms with E-state index in [1.54, 1.807) is 0 Å². The maximum atomic E-state index is 12.7. The Morgan fingerprint density at radius 2 is 1.62 bits per heavy atom. The molecule has 0 saturated heterocycles. The molecule has 0 unspecified atom stereocenters. The van der Waals surface area contributed by atoms with Crippen molar-refractivity contribution < 1.29 is 4.79 Å². The molecule has 1 aliphatic carbocycles. The molecule has 1 saturated carbocycles. The van der Waals surface area contributed by atoms with Crippen LogP contribution in [0.3, 0.4) is 0 Å². The third-order valence-corrected chi connectivity index (χ3v) is 5.31. The monoisotopic (exact) mass is 344 g/mol. The average molecular weight is 345 g/mol. The number of hydrogen-bond donors (Lipinski definition) is 0. The van der Waals surface area contributed by atoms with Gasteiger partial charge in [-0.25, -0.2) is 0 Å². The number of rotatable bonds is 3. The summed E-state index contributed by atoms with van der Waals surface area (Å²) in [6.45, 7) is 0. The molecule has 0 bridgehead atoms. The van der Waals surface area contributed by atoms with Gasteiger partial charge in [0.15, 0.2) is 5.78 Å². The number of carbonyl (C=O) groups is 1. The van der Waals surface area contributed by atoms with Gasteiger partial charge >= 0.3 is 0 Å². The average Bonchev–Trinajstić information content (AvgIpc) is 2.76. The molecule has 110 valence electrons. The molecule has 1 aliphatic rings. The zero-order valence-electron chi connectivity index (χ0n) is 12.3. The predicted molar refractivity (Wildman–Crippen MR) is 91.8 cm³/mol. The van der Waals surface area contributed by atoms with E-state index >= 15 is 0 Å². The van der Waals surface area contributed by atoms with Gasteiger partial charge in [0.2, 0.25) is 0 Å². The van der Waals surface area contributed by atoms with Gasteiger partial charge in [0.05, 0.1) is 0 Å². The van der Waals surface area contributed by atoms with Gasteiger partial charge in [0.1, 0.15) is 0 Å². The van der Waals surface area contributed by atoms with Gasteiger partial charge in [-0.05, 0) is 28.8 Å². The van der Waals surface area contributed by atoms with Crippen LogP contribution in [0.15, 0.2) is 40.9 Å². The highest BCUT2D eigenvalue weighted by Gasteiger charge is 2.18. The maximum Gasteiger partial charge on any atom is 0.163 e. The Bertz CT molecular complexity index is 639. The quantitative estimate of drug-likeness (QED) is 0.482. The summed E-state index contributed by atoms with van der Waals surface area (Å²) in [6.07, 6.45) is 8.42. The van der Waals surface area contributed by atoms with Crippen molar-refractivity contribution >= 4 is 32.5 Å². The van der Waals surface area contributed by atoms with E-state index in [2.05, 4.69) is 28.1 Å². The molecule has 0 amide bonds. The fourth-order valence-electron chi connectivity index (χ4n) is 3.45. The molecule has 1 nitrogen and oxygen atoms in total. The fraction of sp³-hybridized carbons (Fsp3) is 0.421. The summed E-state index contributed by atoms with van der Waals surface area (Å²) < 4.78 is 1.06. The Kier molecular flexibility index (Phi) is 4.74. The largest absolute Gasteiger partial charge is 0.294 e. The van der Waals surface area contributed by atoms with E-state index in [0.29, 0.717) is 18.1 Å². The molecule has 0 aromatic heterocycles. The van der Waals surface area contributed by atoms with Gasteiger partial charge in [-0.1, -0.05) is 78.7 Å². The van der Waals surface area contributed by atoms with Crippen LogP contribution in [0.1, 0.15) is 55.3 Å². The SMILES string of the molecule is O=C(CC1CCCCCC1)c1ccc(Br)c2ccccc12. The van der Waals surface area contributed by atoms with Crippen molar-refractivity contribution in [2.24, 2.45) is 5.92 Å². The first kappa shape index (κ1) is 14.8. The Labute approximate surface area is 134 Å². The summed E-state index contributed by atoms with van der Waals surface area (Å²) in [4.78, 5) is 12.7. The van der Waals surface area contributed by atoms with Gasteiger partial charge in [-0.2, -0.15) is 0 Å². The van der Waals surface area contributed by atoms with Crippen molar-refractivity contribution in [2.45, 2.75) is 44.9 Å². The molecule has 0 atom stereocenters. The van der Waals surface area contributed by atoms with Gasteiger partial charge in [-0.3, -0.25) is 4.79 Å². The number of fused-ring (bicyclic) bond motifs is 1. The first-order chi connectivity index (χ1) is 10.3. The van der Waals surface area contributed by atoms with Crippen molar-refractivity contribution in [1.82, 2.24) is 0 Å². The Balaban J connectivity index is 1.86. The number of ketones is 1. The third kappa shape index (κ3) is 3.37. The number of benzene rings is 2. The van der Waals surface area contributed by atoms with Gasteiger partial charge in [-0.15, -0.1) is 0 Å². The number of carbonyl (C=O) groups excluding carboxylic acids is 1. The zero-order valence-corrected chi connectivity index (χ0v) is 13.9. The smallest absolute Gasteiger partial charge is 0.163 e. The number of halogens is 1. The van der Waals surface area contributed by atoms with E-state index < -0.39 is 0 Å². The molecule has 2 aromatic carbocycles. The molecule has 1 fully saturated rings. The molecule has 0 heterocycles. The fourth-order valence-corrected chi connectivity index (χ4v) is 3.92. The summed E-state index contributed by atoms with van der Waals surface area (Å²) in [6, 6.07) is 12.1. The summed E-state index contributed by atoms with van der Waals surface area (Å²) in [5.74, 6) is 0.896. The lowest BCUT2D eigenvalue weighted by molar-refractivity contribution is 0.0958. The Morgan fingerprint density at radius 1 is 0.952 bits per heavy atom. The van der Waals surface area contributed by atoms with Crippen LogP contribution in [0.5, 0.6) is 0 Å². The van der Waals surface area contributed by atoms with Crippen LogP contribution in [0.2, 0.25) is 0 Å². The van der Waals surface area contributed by atoms with E-state index in [0.717, 1.165) is 20.8 Å². The highest BCUT2D eigenvalue weighted by molar-refractivity contribution is 9.10. The first-order valence-corrected chi connectivity index (χ1v) is 8.75. The topological polar surface area (TPSA) is 17.1 Å². The molecule has 2 heteroatoms. The van der Waals surface area contributed by atoms with Gasteiger partial charge in [0, 0.05) is 16.5 Å². The normalized spacial score (nSPS) is 16.8. The zero-order chi connectivity index (χ0) is 14.7. The third-order valence-electron chi connectivity index (χ3n) is 4.62. The lowest BCUT2D eigenvalue weighted by atomic mass is 9.90. The molecule has 2 aromatic rings. The molecule has 0 radical (unpaired) electrons. The van der Waals surface area contributed by atoms with E-state index in [1.165, 1.54) is 38.5 Å².